The summed E-state index contributed by atoms with van der Waals surface area (Å²) in [4.78, 5) is 26.6. The molecule has 2 heterocycles. The van der Waals surface area contributed by atoms with Crippen LogP contribution in [0.25, 0.3) is 0 Å². The second-order valence-electron chi connectivity index (χ2n) is 8.03. The number of piperidine rings is 1. The van der Waals surface area contributed by atoms with Crippen LogP contribution >= 0.6 is 11.5 Å². The zero-order chi connectivity index (χ0) is 23.8. The van der Waals surface area contributed by atoms with E-state index >= 15 is 0 Å². The molecule has 4 N–H and O–H groups in total. The number of anilines is 1. The van der Waals surface area contributed by atoms with Gasteiger partial charge in [-0.3, -0.25) is 10.1 Å². The van der Waals surface area contributed by atoms with Gasteiger partial charge in [0.15, 0.2) is 0 Å². The fourth-order valence-electron chi connectivity index (χ4n) is 3.61. The summed E-state index contributed by atoms with van der Waals surface area (Å²) in [6.45, 7) is 4.90. The Bertz CT molecular complexity index is 979. The topological polar surface area (TPSA) is 110 Å². The number of hydrogen-bond acceptors (Lipinski definition) is 6. The minimum Gasteiger partial charge on any atom is -0.471 e. The molecule has 0 aliphatic carbocycles. The van der Waals surface area contributed by atoms with Crippen LogP contribution in [0.3, 0.4) is 0 Å². The fourth-order valence-corrected chi connectivity index (χ4v) is 4.35. The Kier molecular flexibility index (Phi) is 8.95. The van der Waals surface area contributed by atoms with Crippen LogP contribution in [0.5, 0.6) is 5.88 Å². The summed E-state index contributed by atoms with van der Waals surface area (Å²) >= 11 is 0.818. The number of amides is 3. The Labute approximate surface area is 195 Å². The first kappa shape index (κ1) is 24.8. The Morgan fingerprint density at radius 2 is 1.94 bits per heavy atom. The number of carbonyl (C=O) groups is 2. The van der Waals surface area contributed by atoms with Gasteiger partial charge >= 0.3 is 6.03 Å². The van der Waals surface area contributed by atoms with E-state index in [0.29, 0.717) is 6.54 Å². The van der Waals surface area contributed by atoms with Gasteiger partial charge in [-0.1, -0.05) is 6.42 Å². The Balaban J connectivity index is 1.49. The summed E-state index contributed by atoms with van der Waals surface area (Å²) in [5.41, 5.74) is 5.45. The summed E-state index contributed by atoms with van der Waals surface area (Å²) in [6.07, 6.45) is 5.63. The normalized spacial score (nSPS) is 14.2. The van der Waals surface area contributed by atoms with E-state index in [2.05, 4.69) is 19.9 Å². The van der Waals surface area contributed by atoms with Crippen molar-refractivity contribution in [1.29, 1.82) is 0 Å². The van der Waals surface area contributed by atoms with Crippen molar-refractivity contribution in [2.24, 2.45) is 5.73 Å². The largest absolute Gasteiger partial charge is 0.471 e. The number of ether oxygens (including phenoxy) is 1. The standard InChI is InChI=1S/C22H29F2N5O3S/c1-14-11-17(24)15(12-16(14)23)13-32-20-18(19(25)30)21(33-28-20)27-22(31)26-7-3-6-10-29-8-4-2-5-9-29/h11-12H,2-10,13H2,1H3,(H2,25,30)(H2,26,27,31). The van der Waals surface area contributed by atoms with Gasteiger partial charge in [-0.2, -0.15) is 4.37 Å². The van der Waals surface area contributed by atoms with Gasteiger partial charge in [-0.15, -0.1) is 0 Å². The maximum Gasteiger partial charge on any atom is 0.319 e. The summed E-state index contributed by atoms with van der Waals surface area (Å²) in [5.74, 6) is -2.21. The van der Waals surface area contributed by atoms with E-state index in [9.17, 15) is 18.4 Å². The number of hydrogen-bond donors (Lipinski definition) is 3. The van der Waals surface area contributed by atoms with Gasteiger partial charge in [-0.05, 0) is 81.5 Å². The fraction of sp³-hybridized carbons (Fsp3) is 0.500. The maximum absolute atomic E-state index is 14.0. The number of unbranched alkanes of at least 4 members (excludes halogenated alkanes) is 1. The van der Waals surface area contributed by atoms with Crippen molar-refractivity contribution in [3.8, 4) is 5.88 Å². The molecule has 1 fully saturated rings. The highest BCUT2D eigenvalue weighted by molar-refractivity contribution is 7.11. The third-order valence-corrected chi connectivity index (χ3v) is 6.21. The predicted octanol–water partition coefficient (Wildman–Crippen LogP) is 3.80. The lowest BCUT2D eigenvalue weighted by Gasteiger charge is -2.26. The maximum atomic E-state index is 14.0. The number of nitrogens with zero attached hydrogens (tertiary/aromatic N) is 2. The average molecular weight is 482 g/mol. The molecule has 1 aliphatic rings. The van der Waals surface area contributed by atoms with Crippen molar-refractivity contribution in [1.82, 2.24) is 14.6 Å². The van der Waals surface area contributed by atoms with E-state index in [1.165, 1.54) is 26.2 Å². The van der Waals surface area contributed by atoms with Crippen molar-refractivity contribution in [3.05, 3.63) is 40.5 Å². The van der Waals surface area contributed by atoms with Gasteiger partial charge < -0.3 is 20.7 Å². The van der Waals surface area contributed by atoms with Gasteiger partial charge in [0.1, 0.15) is 28.8 Å². The molecule has 0 atom stereocenters. The number of nitrogens with one attached hydrogen (secondary N) is 2. The van der Waals surface area contributed by atoms with E-state index in [-0.39, 0.29) is 34.2 Å². The molecule has 0 spiro atoms. The van der Waals surface area contributed by atoms with E-state index in [0.717, 1.165) is 56.1 Å². The highest BCUT2D eigenvalue weighted by Gasteiger charge is 2.22. The highest BCUT2D eigenvalue weighted by Crippen LogP contribution is 2.31. The van der Waals surface area contributed by atoms with E-state index < -0.39 is 23.6 Å². The molecule has 0 bridgehead atoms. The van der Waals surface area contributed by atoms with Crippen molar-refractivity contribution in [2.75, 3.05) is 31.5 Å². The highest BCUT2D eigenvalue weighted by atomic mass is 32.1. The lowest BCUT2D eigenvalue weighted by Crippen LogP contribution is -2.32. The number of benzene rings is 1. The minimum atomic E-state index is -0.855. The van der Waals surface area contributed by atoms with Crippen LogP contribution in [0.15, 0.2) is 12.1 Å². The Hall–Kier alpha value is -2.79. The number of aryl methyl sites for hydroxylation is 1. The van der Waals surface area contributed by atoms with Crippen LogP contribution in [-0.4, -0.2) is 47.4 Å². The van der Waals surface area contributed by atoms with Crippen molar-refractivity contribution >= 4 is 28.5 Å². The predicted molar refractivity (Wildman–Crippen MR) is 123 cm³/mol. The zero-order valence-corrected chi connectivity index (χ0v) is 19.4. The molecule has 0 radical (unpaired) electrons. The number of carbonyl (C=O) groups excluding carboxylic acids is 2. The van der Waals surface area contributed by atoms with Crippen LogP contribution in [0, 0.1) is 18.6 Å². The smallest absolute Gasteiger partial charge is 0.319 e. The van der Waals surface area contributed by atoms with Crippen molar-refractivity contribution < 1.29 is 23.1 Å². The number of halogens is 2. The molecule has 180 valence electrons. The number of rotatable bonds is 10. The van der Waals surface area contributed by atoms with Crippen molar-refractivity contribution in [3.63, 3.8) is 0 Å². The van der Waals surface area contributed by atoms with Crippen LogP contribution < -0.4 is 21.1 Å². The molecule has 1 aromatic heterocycles. The minimum absolute atomic E-state index is 0.0293. The van der Waals surface area contributed by atoms with E-state index in [1.54, 1.807) is 0 Å². The van der Waals surface area contributed by atoms with Crippen molar-refractivity contribution in [2.45, 2.75) is 45.6 Å². The molecule has 1 saturated heterocycles. The Morgan fingerprint density at radius 1 is 1.18 bits per heavy atom. The SMILES string of the molecule is Cc1cc(F)c(COc2nsc(NC(=O)NCCCCN3CCCCC3)c2C(N)=O)cc1F. The summed E-state index contributed by atoms with van der Waals surface area (Å²) in [5, 5.41) is 5.43. The van der Waals surface area contributed by atoms with Gasteiger partial charge in [0.25, 0.3) is 5.91 Å². The molecule has 0 unspecified atom stereocenters. The number of urea groups is 1. The van der Waals surface area contributed by atoms with Gasteiger partial charge in [-0.25, -0.2) is 13.6 Å². The second kappa shape index (κ2) is 11.9. The zero-order valence-electron chi connectivity index (χ0n) is 18.6. The molecule has 1 aliphatic heterocycles. The van der Waals surface area contributed by atoms with Crippen LogP contribution in [-0.2, 0) is 6.61 Å². The molecule has 2 aromatic rings. The van der Waals surface area contributed by atoms with E-state index in [1.807, 2.05) is 0 Å². The lowest BCUT2D eigenvalue weighted by molar-refractivity contribution is 0.0996. The van der Waals surface area contributed by atoms with Gasteiger partial charge in [0.05, 0.1) is 0 Å². The monoisotopic (exact) mass is 481 g/mol. The molecule has 3 rings (SSSR count). The third kappa shape index (κ3) is 7.10. The quantitative estimate of drug-likeness (QED) is 0.447. The van der Waals surface area contributed by atoms with Gasteiger partial charge in [0.2, 0.25) is 5.88 Å². The number of likely N-dealkylation sites (tertiary alicyclic amines) is 1. The molecule has 1 aromatic carbocycles. The molecule has 8 nitrogen and oxygen atoms in total. The first-order valence-corrected chi connectivity index (χ1v) is 11.8. The molecule has 3 amide bonds. The third-order valence-electron chi connectivity index (χ3n) is 5.46. The van der Waals surface area contributed by atoms with Crippen LogP contribution in [0.4, 0.5) is 18.6 Å². The lowest BCUT2D eigenvalue weighted by atomic mass is 10.1. The molecular weight excluding hydrogens is 452 g/mol. The number of aromatic nitrogens is 1. The van der Waals surface area contributed by atoms with E-state index in [4.69, 9.17) is 10.5 Å². The molecule has 11 heteroatoms. The summed E-state index contributed by atoms with van der Waals surface area (Å²) in [6, 6.07) is 1.60. The number of primary amides is 1. The molecule has 33 heavy (non-hydrogen) atoms. The first-order chi connectivity index (χ1) is 15.8. The average Bonchev–Trinajstić information content (AvgIpc) is 3.18. The first-order valence-electron chi connectivity index (χ1n) is 11.0. The summed E-state index contributed by atoms with van der Waals surface area (Å²) in [7, 11) is 0. The molecule has 0 saturated carbocycles. The van der Waals surface area contributed by atoms with Crippen LogP contribution in [0.1, 0.15) is 53.6 Å². The van der Waals surface area contributed by atoms with Gasteiger partial charge in [0, 0.05) is 12.1 Å². The Morgan fingerprint density at radius 3 is 2.67 bits per heavy atom. The summed E-state index contributed by atoms with van der Waals surface area (Å²) < 4.78 is 37.1. The number of nitrogens with two attached hydrogens (primary N) is 1. The molecular formula is C22H29F2N5O3S. The second-order valence-corrected chi connectivity index (χ2v) is 8.80. The van der Waals surface area contributed by atoms with Crippen LogP contribution in [0.2, 0.25) is 0 Å².